The fourth-order valence-corrected chi connectivity index (χ4v) is 2.42. The first kappa shape index (κ1) is 18.6. The van der Waals surface area contributed by atoms with Crippen molar-refractivity contribution in [2.75, 3.05) is 0 Å². The smallest absolute Gasteiger partial charge is 0.271 e. The highest BCUT2D eigenvalue weighted by atomic mass is 35.5. The first-order chi connectivity index (χ1) is 13.1. The summed E-state index contributed by atoms with van der Waals surface area (Å²) in [5.41, 5.74) is 5.80. The predicted octanol–water partition coefficient (Wildman–Crippen LogP) is 4.39. The molecule has 0 saturated heterocycles. The maximum atomic E-state index is 12.1. The number of amides is 1. The van der Waals surface area contributed by atoms with Crippen molar-refractivity contribution in [3.63, 3.8) is 0 Å². The molecule has 0 aliphatic heterocycles. The van der Waals surface area contributed by atoms with Crippen molar-refractivity contribution in [3.05, 3.63) is 94.3 Å². The summed E-state index contributed by atoms with van der Waals surface area (Å²) in [6, 6.07) is 16.3. The Labute approximate surface area is 162 Å². The van der Waals surface area contributed by atoms with E-state index in [0.717, 1.165) is 22.4 Å². The van der Waals surface area contributed by atoms with Gasteiger partial charge in [-0.25, -0.2) is 5.43 Å². The number of aryl methyl sites for hydroxylation is 1. The largest absolute Gasteiger partial charge is 0.489 e. The van der Waals surface area contributed by atoms with Gasteiger partial charge in [0, 0.05) is 23.0 Å². The molecule has 0 radical (unpaired) electrons. The quantitative estimate of drug-likeness (QED) is 0.510. The van der Waals surface area contributed by atoms with Crippen LogP contribution >= 0.6 is 11.6 Å². The average Bonchev–Trinajstić information content (AvgIpc) is 2.70. The minimum Gasteiger partial charge on any atom is -0.489 e. The summed E-state index contributed by atoms with van der Waals surface area (Å²) in [5, 5.41) is 4.66. The molecule has 0 atom stereocenters. The lowest BCUT2D eigenvalue weighted by Crippen LogP contribution is -2.17. The van der Waals surface area contributed by atoms with Crippen LogP contribution < -0.4 is 10.2 Å². The Bertz CT molecular complexity index is 941. The molecule has 1 heterocycles. The van der Waals surface area contributed by atoms with E-state index in [1.165, 1.54) is 0 Å². The van der Waals surface area contributed by atoms with Crippen LogP contribution in [-0.2, 0) is 6.61 Å². The molecule has 3 aromatic rings. The second kappa shape index (κ2) is 8.96. The van der Waals surface area contributed by atoms with Crippen LogP contribution in [0.4, 0.5) is 0 Å². The fraction of sp³-hybridized carbons (Fsp3) is 0.0952. The fourth-order valence-electron chi connectivity index (χ4n) is 2.31. The Morgan fingerprint density at radius 3 is 2.59 bits per heavy atom. The van der Waals surface area contributed by atoms with Crippen molar-refractivity contribution in [2.24, 2.45) is 5.10 Å². The Kier molecular flexibility index (Phi) is 6.18. The number of benzene rings is 2. The van der Waals surface area contributed by atoms with Crippen molar-refractivity contribution in [2.45, 2.75) is 13.5 Å². The van der Waals surface area contributed by atoms with Gasteiger partial charge in [-0.15, -0.1) is 0 Å². The SMILES string of the molecule is Cc1cc(OCc2ccc(C(=O)N/N=C\c3ccncc3)cc2)ccc1Cl. The number of hydrazone groups is 1. The van der Waals surface area contributed by atoms with Crippen LogP contribution in [-0.4, -0.2) is 17.1 Å². The van der Waals surface area contributed by atoms with Crippen molar-refractivity contribution < 1.29 is 9.53 Å². The summed E-state index contributed by atoms with van der Waals surface area (Å²) in [7, 11) is 0. The molecule has 3 rings (SSSR count). The highest BCUT2D eigenvalue weighted by molar-refractivity contribution is 6.31. The first-order valence-corrected chi connectivity index (χ1v) is 8.71. The summed E-state index contributed by atoms with van der Waals surface area (Å²) < 4.78 is 5.75. The summed E-state index contributed by atoms with van der Waals surface area (Å²) in [6.45, 7) is 2.34. The van der Waals surface area contributed by atoms with E-state index in [-0.39, 0.29) is 5.91 Å². The zero-order valence-electron chi connectivity index (χ0n) is 14.7. The summed E-state index contributed by atoms with van der Waals surface area (Å²) in [6.07, 6.45) is 4.89. The monoisotopic (exact) mass is 379 g/mol. The molecule has 2 aromatic carbocycles. The number of carbonyl (C=O) groups excluding carboxylic acids is 1. The molecule has 0 spiro atoms. The van der Waals surface area contributed by atoms with Crippen molar-refractivity contribution in [1.29, 1.82) is 0 Å². The van der Waals surface area contributed by atoms with Gasteiger partial charge < -0.3 is 4.74 Å². The normalized spacial score (nSPS) is 10.7. The zero-order chi connectivity index (χ0) is 19.1. The number of aromatic nitrogens is 1. The van der Waals surface area contributed by atoms with Gasteiger partial charge in [0.2, 0.25) is 0 Å². The van der Waals surface area contributed by atoms with Gasteiger partial charge in [-0.3, -0.25) is 9.78 Å². The third kappa shape index (κ3) is 5.39. The van der Waals surface area contributed by atoms with Crippen LogP contribution in [0.2, 0.25) is 5.02 Å². The molecular formula is C21H18ClN3O2. The van der Waals surface area contributed by atoms with E-state index in [0.29, 0.717) is 17.2 Å². The second-order valence-electron chi connectivity index (χ2n) is 5.88. The number of halogens is 1. The van der Waals surface area contributed by atoms with E-state index in [2.05, 4.69) is 15.5 Å². The van der Waals surface area contributed by atoms with Crippen LogP contribution in [0.1, 0.15) is 27.0 Å². The van der Waals surface area contributed by atoms with Gasteiger partial charge in [0.1, 0.15) is 12.4 Å². The molecule has 0 aliphatic rings. The third-order valence-electron chi connectivity index (χ3n) is 3.84. The molecule has 6 heteroatoms. The molecule has 0 unspecified atom stereocenters. The molecule has 27 heavy (non-hydrogen) atoms. The number of nitrogens with one attached hydrogen (secondary N) is 1. The number of carbonyl (C=O) groups is 1. The van der Waals surface area contributed by atoms with Gasteiger partial charge in [0.25, 0.3) is 5.91 Å². The van der Waals surface area contributed by atoms with Crippen molar-refractivity contribution in [1.82, 2.24) is 10.4 Å². The molecule has 1 aromatic heterocycles. The van der Waals surface area contributed by atoms with Crippen molar-refractivity contribution in [3.8, 4) is 5.75 Å². The van der Waals surface area contributed by atoms with Gasteiger partial charge in [-0.2, -0.15) is 5.10 Å². The number of ether oxygens (including phenoxy) is 1. The van der Waals surface area contributed by atoms with Crippen LogP contribution in [0.5, 0.6) is 5.75 Å². The number of hydrogen-bond acceptors (Lipinski definition) is 4. The van der Waals surface area contributed by atoms with Crippen LogP contribution in [0.25, 0.3) is 0 Å². The lowest BCUT2D eigenvalue weighted by molar-refractivity contribution is 0.0955. The van der Waals surface area contributed by atoms with Crippen LogP contribution in [0.3, 0.4) is 0 Å². The predicted molar refractivity (Wildman–Crippen MR) is 106 cm³/mol. The molecule has 136 valence electrons. The van der Waals surface area contributed by atoms with Gasteiger partial charge in [0.05, 0.1) is 6.21 Å². The van der Waals surface area contributed by atoms with Gasteiger partial charge in [-0.05, 0) is 66.1 Å². The standard InChI is InChI=1S/C21H18ClN3O2/c1-15-12-19(6-7-20(15)22)27-14-17-2-4-18(5-3-17)21(26)25-24-13-16-8-10-23-11-9-16/h2-13H,14H2,1H3,(H,25,26)/b24-13-. The lowest BCUT2D eigenvalue weighted by atomic mass is 10.1. The number of nitrogens with zero attached hydrogens (tertiary/aromatic N) is 2. The summed E-state index contributed by atoms with van der Waals surface area (Å²) >= 11 is 6.01. The van der Waals surface area contributed by atoms with E-state index in [4.69, 9.17) is 16.3 Å². The molecular weight excluding hydrogens is 362 g/mol. The van der Waals surface area contributed by atoms with Gasteiger partial charge in [0.15, 0.2) is 0 Å². The van der Waals surface area contributed by atoms with Crippen molar-refractivity contribution >= 4 is 23.7 Å². The summed E-state index contributed by atoms with van der Waals surface area (Å²) in [5.74, 6) is 0.477. The van der Waals surface area contributed by atoms with E-state index in [1.54, 1.807) is 42.9 Å². The van der Waals surface area contributed by atoms with E-state index >= 15 is 0 Å². The topological polar surface area (TPSA) is 63.6 Å². The van der Waals surface area contributed by atoms with Crippen LogP contribution in [0, 0.1) is 6.92 Å². The molecule has 1 amide bonds. The Morgan fingerprint density at radius 2 is 1.89 bits per heavy atom. The highest BCUT2D eigenvalue weighted by Gasteiger charge is 2.05. The number of pyridine rings is 1. The zero-order valence-corrected chi connectivity index (χ0v) is 15.5. The Hall–Kier alpha value is -3.18. The molecule has 1 N–H and O–H groups in total. The first-order valence-electron chi connectivity index (χ1n) is 8.33. The average molecular weight is 380 g/mol. The van der Waals surface area contributed by atoms with Gasteiger partial charge >= 0.3 is 0 Å². The van der Waals surface area contributed by atoms with Gasteiger partial charge in [-0.1, -0.05) is 23.7 Å². The maximum Gasteiger partial charge on any atom is 0.271 e. The molecule has 0 saturated carbocycles. The number of hydrogen-bond donors (Lipinski definition) is 1. The molecule has 5 nitrogen and oxygen atoms in total. The second-order valence-corrected chi connectivity index (χ2v) is 6.28. The van der Waals surface area contributed by atoms with E-state index in [9.17, 15) is 4.79 Å². The molecule has 0 fully saturated rings. The minimum atomic E-state index is -0.277. The Balaban J connectivity index is 1.53. The summed E-state index contributed by atoms with van der Waals surface area (Å²) in [4.78, 5) is 16.0. The maximum absolute atomic E-state index is 12.1. The molecule has 0 bridgehead atoms. The minimum absolute atomic E-state index is 0.277. The number of rotatable bonds is 6. The van der Waals surface area contributed by atoms with Crippen LogP contribution in [0.15, 0.2) is 72.1 Å². The van der Waals surface area contributed by atoms with E-state index in [1.807, 2.05) is 37.3 Å². The van der Waals surface area contributed by atoms with E-state index < -0.39 is 0 Å². The molecule has 0 aliphatic carbocycles. The lowest BCUT2D eigenvalue weighted by Gasteiger charge is -2.08. The third-order valence-corrected chi connectivity index (χ3v) is 4.26. The highest BCUT2D eigenvalue weighted by Crippen LogP contribution is 2.21. The Morgan fingerprint density at radius 1 is 1.15 bits per heavy atom.